The van der Waals surface area contributed by atoms with E-state index >= 15 is 0 Å². The van der Waals surface area contributed by atoms with Crippen LogP contribution in [0.25, 0.3) is 15.7 Å². The van der Waals surface area contributed by atoms with Crippen LogP contribution in [0.5, 0.6) is 0 Å². The van der Waals surface area contributed by atoms with Crippen molar-refractivity contribution in [3.8, 4) is 0 Å². The van der Waals surface area contributed by atoms with Gasteiger partial charge in [0.25, 0.3) is 6.71 Å². The molecule has 0 amide bonds. The molecular weight excluding hydrogens is 944 g/mol. The van der Waals surface area contributed by atoms with Gasteiger partial charge >= 0.3 is 0 Å². The number of hydrogen-bond donors (Lipinski definition) is 0. The summed E-state index contributed by atoms with van der Waals surface area (Å²) in [5, 5.41) is 1.42. The van der Waals surface area contributed by atoms with Crippen LogP contribution in [-0.2, 0) is 27.1 Å². The Morgan fingerprint density at radius 3 is 1.75 bits per heavy atom. The maximum absolute atomic E-state index is 2.92. The van der Waals surface area contributed by atoms with Gasteiger partial charge in [-0.05, 0) is 199 Å². The number of aryl methyl sites for hydroxylation is 1. The Morgan fingerprint density at radius 1 is 0.573 bits per heavy atom. The smallest absolute Gasteiger partial charge is 0.264 e. The first-order chi connectivity index (χ1) is 34.8. The number of allylic oxidation sites excluding steroid dienone is 3. The van der Waals surface area contributed by atoms with Gasteiger partial charge in [-0.15, -0.1) is 11.3 Å². The summed E-state index contributed by atoms with van der Waals surface area (Å²) in [6.07, 6.45) is 20.4. The fourth-order valence-electron chi connectivity index (χ4n) is 15.2. The van der Waals surface area contributed by atoms with Crippen LogP contribution in [0.15, 0.2) is 108 Å². The lowest BCUT2D eigenvalue weighted by Crippen LogP contribution is -2.62. The molecule has 2 aliphatic heterocycles. The van der Waals surface area contributed by atoms with Crippen molar-refractivity contribution in [3.05, 3.63) is 142 Å². The van der Waals surface area contributed by atoms with Crippen molar-refractivity contribution in [3.63, 3.8) is 0 Å². The van der Waals surface area contributed by atoms with Gasteiger partial charge in [-0.3, -0.25) is 0 Å². The molecule has 5 heteroatoms. The van der Waals surface area contributed by atoms with E-state index in [0.29, 0.717) is 11.8 Å². The zero-order chi connectivity index (χ0) is 53.7. The van der Waals surface area contributed by atoms with Gasteiger partial charge in [0.05, 0.1) is 5.69 Å². The maximum Gasteiger partial charge on any atom is 0.264 e. The molecule has 1 aromatic heterocycles. The number of rotatable bonds is 4. The first-order valence-electron chi connectivity index (χ1n) is 28.7. The Balaban J connectivity index is 1.27. The van der Waals surface area contributed by atoms with Crippen molar-refractivity contribution in [1.82, 2.24) is 0 Å². The van der Waals surface area contributed by atoms with Crippen LogP contribution in [0, 0.1) is 29.6 Å². The van der Waals surface area contributed by atoms with Crippen molar-refractivity contribution >= 4 is 87.9 Å². The first kappa shape index (κ1) is 51.3. The molecule has 0 spiro atoms. The topological polar surface area (TPSA) is 6.48 Å². The van der Waals surface area contributed by atoms with E-state index in [4.69, 9.17) is 0 Å². The van der Waals surface area contributed by atoms with E-state index in [0.717, 1.165) is 6.42 Å². The molecule has 4 aliphatic carbocycles. The van der Waals surface area contributed by atoms with E-state index in [1.165, 1.54) is 130 Å². The minimum atomic E-state index is -1.24. The molecular formula is C70H87BN2S2. The third kappa shape index (κ3) is 7.74. The second-order valence-electron chi connectivity index (χ2n) is 30.3. The molecule has 12 rings (SSSR count). The normalized spacial score (nSPS) is 23.5. The summed E-state index contributed by atoms with van der Waals surface area (Å²) in [5.41, 5.74) is 23.3. The van der Waals surface area contributed by atoms with Crippen LogP contribution in [0.3, 0.4) is 0 Å². The molecule has 2 nitrogen and oxygen atoms in total. The third-order valence-electron chi connectivity index (χ3n) is 20.5. The fourth-order valence-corrected chi connectivity index (χ4v) is 17.4. The average Bonchev–Trinajstić information content (AvgIpc) is 3.72. The number of thiophene rings is 1. The SMILES string of the molecule is Cc1cc(C(C)(C)C)ccc1N1c2cc(S(C)(C)C)cc3c2B(c2ccc4c(c2N3C2=CC3C(C=C2c2ccccc2)C(C)(C)CCC3(C)C)C(C)(C)CCC4(C)C)c2sc3cc4c(cc3c21)C(C)(C)CCC4(C)C. The number of hydrogen-bond acceptors (Lipinski definition) is 3. The van der Waals surface area contributed by atoms with E-state index in [-0.39, 0.29) is 44.6 Å². The summed E-state index contributed by atoms with van der Waals surface area (Å²) in [6.45, 7) is 40.0. The van der Waals surface area contributed by atoms with E-state index in [2.05, 4.69) is 248 Å². The van der Waals surface area contributed by atoms with Crippen LogP contribution >= 0.6 is 21.4 Å². The standard InChI is InChI=1S/C70H87BN2S2/c1-42-35-44(64(2,3)4)25-28-54(42)72-56-36-45(75(17,18)19)37-57-60(56)71(63-61(72)47-39-50-52(41-58(47)74-63)69(13,14)32-30-67(50,9)10)53-27-26-48-59(70(15,16)34-33-65(48,5)6)62(53)73(57)55-40-51-49(66(7,8)29-31-68(51,11)12)38-46(55)43-23-21-20-22-24-43/h20-28,35-41,49,51H,29-34H2,1-19H3. The highest BCUT2D eigenvalue weighted by Crippen LogP contribution is 2.61. The fraction of sp³-hybridized carbons (Fsp3) is 0.486. The van der Waals surface area contributed by atoms with E-state index < -0.39 is 10.0 Å². The van der Waals surface area contributed by atoms with Crippen molar-refractivity contribution in [2.24, 2.45) is 22.7 Å². The van der Waals surface area contributed by atoms with Crippen molar-refractivity contribution in [2.75, 3.05) is 28.6 Å². The highest BCUT2D eigenvalue weighted by molar-refractivity contribution is 8.32. The zero-order valence-corrected chi connectivity index (χ0v) is 51.1. The highest BCUT2D eigenvalue weighted by Gasteiger charge is 2.53. The summed E-state index contributed by atoms with van der Waals surface area (Å²) in [7, 11) is -1.24. The van der Waals surface area contributed by atoms with Crippen molar-refractivity contribution in [2.45, 2.75) is 181 Å². The quantitative estimate of drug-likeness (QED) is 0.162. The lowest BCUT2D eigenvalue weighted by Gasteiger charge is -2.54. The summed E-state index contributed by atoms with van der Waals surface area (Å²) >= 11 is 2.10. The molecule has 0 radical (unpaired) electrons. The Kier molecular flexibility index (Phi) is 11.2. The molecule has 6 aliphatic rings. The minimum absolute atomic E-state index is 0.0349. The van der Waals surface area contributed by atoms with E-state index in [1.54, 1.807) is 11.1 Å². The summed E-state index contributed by atoms with van der Waals surface area (Å²) in [6, 6.07) is 34.9. The predicted octanol–water partition coefficient (Wildman–Crippen LogP) is 18.1. The summed E-state index contributed by atoms with van der Waals surface area (Å²) < 4.78 is 2.92. The monoisotopic (exact) mass is 1030 g/mol. The van der Waals surface area contributed by atoms with Gasteiger partial charge < -0.3 is 9.80 Å². The second kappa shape index (κ2) is 16.3. The van der Waals surface area contributed by atoms with Crippen LogP contribution in [0.1, 0.15) is 181 Å². The Morgan fingerprint density at radius 2 is 1.15 bits per heavy atom. The molecule has 0 bridgehead atoms. The largest absolute Gasteiger partial charge is 0.311 e. The molecule has 6 aromatic rings. The Bertz CT molecular complexity index is 3450. The Labute approximate surface area is 459 Å². The number of nitrogens with zero attached hydrogens (tertiary/aromatic N) is 2. The van der Waals surface area contributed by atoms with Gasteiger partial charge in [0.15, 0.2) is 0 Å². The molecule has 1 fully saturated rings. The molecule has 2 atom stereocenters. The molecule has 392 valence electrons. The van der Waals surface area contributed by atoms with Crippen LogP contribution in [0.2, 0.25) is 0 Å². The minimum Gasteiger partial charge on any atom is -0.311 e. The lowest BCUT2D eigenvalue weighted by molar-refractivity contribution is 0.0332. The van der Waals surface area contributed by atoms with Crippen molar-refractivity contribution < 1.29 is 0 Å². The van der Waals surface area contributed by atoms with Gasteiger partial charge in [0.1, 0.15) is 0 Å². The molecule has 1 saturated carbocycles. The van der Waals surface area contributed by atoms with Gasteiger partial charge in [0.2, 0.25) is 0 Å². The zero-order valence-electron chi connectivity index (χ0n) is 49.4. The van der Waals surface area contributed by atoms with Gasteiger partial charge in [-0.2, -0.15) is 0 Å². The molecule has 3 heterocycles. The highest BCUT2D eigenvalue weighted by atomic mass is 32.3. The van der Waals surface area contributed by atoms with Crippen LogP contribution < -0.4 is 25.5 Å². The molecule has 0 saturated heterocycles. The Hall–Kier alpha value is -4.45. The molecule has 75 heavy (non-hydrogen) atoms. The summed E-state index contributed by atoms with van der Waals surface area (Å²) in [5.74, 6) is 0.809. The van der Waals surface area contributed by atoms with Gasteiger partial charge in [-0.1, -0.05) is 171 Å². The molecule has 0 N–H and O–H groups in total. The van der Waals surface area contributed by atoms with Crippen LogP contribution in [-0.4, -0.2) is 25.5 Å². The second-order valence-corrected chi connectivity index (χ2v) is 35.5. The van der Waals surface area contributed by atoms with Crippen molar-refractivity contribution in [1.29, 1.82) is 0 Å². The van der Waals surface area contributed by atoms with E-state index in [9.17, 15) is 0 Å². The van der Waals surface area contributed by atoms with E-state index in [1.807, 2.05) is 0 Å². The maximum atomic E-state index is 2.92. The first-order valence-corrected chi connectivity index (χ1v) is 32.4. The number of anilines is 5. The van der Waals surface area contributed by atoms with Crippen LogP contribution in [0.4, 0.5) is 28.4 Å². The predicted molar refractivity (Wildman–Crippen MR) is 334 cm³/mol. The number of benzene rings is 5. The van der Waals surface area contributed by atoms with Gasteiger partial charge in [0, 0.05) is 48.9 Å². The lowest BCUT2D eigenvalue weighted by atomic mass is 9.35. The third-order valence-corrected chi connectivity index (χ3v) is 23.3. The van der Waals surface area contributed by atoms with Gasteiger partial charge in [-0.25, -0.2) is 10.0 Å². The average molecular weight is 1030 g/mol. The molecule has 2 unspecified atom stereocenters. The number of fused-ring (bicyclic) bond motifs is 10. The molecule has 5 aromatic carbocycles. The summed E-state index contributed by atoms with van der Waals surface area (Å²) in [4.78, 5) is 7.18.